The van der Waals surface area contributed by atoms with Crippen molar-refractivity contribution in [3.8, 4) is 11.5 Å². The quantitative estimate of drug-likeness (QED) is 0.248. The van der Waals surface area contributed by atoms with Gasteiger partial charge in [-0.15, -0.1) is 0 Å². The Hall–Kier alpha value is -4.32. The molecule has 5 rings (SSSR count). The highest BCUT2D eigenvalue weighted by molar-refractivity contribution is 7.80. The lowest BCUT2D eigenvalue weighted by Crippen LogP contribution is -2.61. The van der Waals surface area contributed by atoms with E-state index in [1.807, 2.05) is 30.3 Å². The van der Waals surface area contributed by atoms with Crippen molar-refractivity contribution in [2.45, 2.75) is 56.4 Å². The van der Waals surface area contributed by atoms with Gasteiger partial charge in [-0.25, -0.2) is 0 Å². The summed E-state index contributed by atoms with van der Waals surface area (Å²) in [7, 11) is 3.01. The molecule has 1 saturated carbocycles. The lowest BCUT2D eigenvalue weighted by molar-refractivity contribution is -0.149. The van der Waals surface area contributed by atoms with Crippen LogP contribution in [0.5, 0.6) is 11.5 Å². The van der Waals surface area contributed by atoms with Gasteiger partial charge in [0, 0.05) is 19.2 Å². The molecule has 12 heteroatoms. The number of nitrogens with zero attached hydrogens (tertiary/aromatic N) is 2. The Kier molecular flexibility index (Phi) is 10.0. The van der Waals surface area contributed by atoms with E-state index in [0.29, 0.717) is 60.1 Å². The Labute approximate surface area is 271 Å². The van der Waals surface area contributed by atoms with E-state index < -0.39 is 17.3 Å². The summed E-state index contributed by atoms with van der Waals surface area (Å²) in [5, 5.41) is 6.69. The molecule has 2 N–H and O–H groups in total. The van der Waals surface area contributed by atoms with E-state index >= 15 is 0 Å². The molecule has 2 amide bonds. The molecule has 8 nitrogen and oxygen atoms in total. The van der Waals surface area contributed by atoms with Gasteiger partial charge in [0.2, 0.25) is 11.8 Å². The molecule has 2 fully saturated rings. The highest BCUT2D eigenvalue weighted by Crippen LogP contribution is 2.39. The number of halogens is 3. The Morgan fingerprint density at radius 3 is 2.33 bits per heavy atom. The van der Waals surface area contributed by atoms with Crippen LogP contribution in [0.25, 0.3) is 0 Å². The van der Waals surface area contributed by atoms with Gasteiger partial charge in [0.1, 0.15) is 17.0 Å². The van der Waals surface area contributed by atoms with Gasteiger partial charge < -0.3 is 29.9 Å². The maximum absolute atomic E-state index is 14.4. The Balaban J connectivity index is 1.47. The van der Waals surface area contributed by atoms with Crippen molar-refractivity contribution < 1.29 is 32.2 Å². The normalized spacial score (nSPS) is 17.6. The molecule has 1 aliphatic carbocycles. The number of ether oxygens (including phenoxy) is 2. The van der Waals surface area contributed by atoms with Crippen molar-refractivity contribution >= 4 is 34.8 Å². The van der Waals surface area contributed by atoms with Crippen LogP contribution in [0.4, 0.5) is 18.9 Å². The van der Waals surface area contributed by atoms with Gasteiger partial charge in [-0.3, -0.25) is 9.59 Å². The van der Waals surface area contributed by atoms with E-state index in [0.717, 1.165) is 24.1 Å². The van der Waals surface area contributed by atoms with Gasteiger partial charge in [0.05, 0.1) is 38.1 Å². The number of anilines is 1. The van der Waals surface area contributed by atoms with Crippen LogP contribution in [-0.2, 0) is 22.3 Å². The summed E-state index contributed by atoms with van der Waals surface area (Å²) in [5.74, 6) is 0.196. The van der Waals surface area contributed by atoms with Gasteiger partial charge >= 0.3 is 6.18 Å². The molecule has 0 unspecified atom stereocenters. The van der Waals surface area contributed by atoms with Crippen LogP contribution >= 0.6 is 12.2 Å². The molecule has 244 valence electrons. The van der Waals surface area contributed by atoms with Crippen LogP contribution in [0, 0.1) is 0 Å². The van der Waals surface area contributed by atoms with E-state index in [-0.39, 0.29) is 30.9 Å². The molecule has 0 aromatic heterocycles. The van der Waals surface area contributed by atoms with E-state index in [4.69, 9.17) is 21.7 Å². The Morgan fingerprint density at radius 1 is 1.00 bits per heavy atom. The van der Waals surface area contributed by atoms with Crippen molar-refractivity contribution in [3.63, 3.8) is 0 Å². The second-order valence-corrected chi connectivity index (χ2v) is 12.0. The van der Waals surface area contributed by atoms with E-state index in [9.17, 15) is 22.8 Å². The molecule has 0 bridgehead atoms. The zero-order valence-corrected chi connectivity index (χ0v) is 26.5. The minimum absolute atomic E-state index is 0.0553. The molecular weight excluding hydrogens is 617 g/mol. The molecule has 0 spiro atoms. The molecule has 3 aromatic rings. The largest absolute Gasteiger partial charge is 0.497 e. The topological polar surface area (TPSA) is 83.1 Å². The molecule has 1 aliphatic heterocycles. The third kappa shape index (κ3) is 7.22. The van der Waals surface area contributed by atoms with Gasteiger partial charge in [-0.05, 0) is 60.5 Å². The first-order chi connectivity index (χ1) is 22.0. The average molecular weight is 655 g/mol. The van der Waals surface area contributed by atoms with Gasteiger partial charge in [-0.2, -0.15) is 13.2 Å². The summed E-state index contributed by atoms with van der Waals surface area (Å²) >= 11 is 5.61. The number of rotatable bonds is 10. The van der Waals surface area contributed by atoms with Crippen LogP contribution in [-0.4, -0.2) is 59.6 Å². The second kappa shape index (κ2) is 14.0. The summed E-state index contributed by atoms with van der Waals surface area (Å²) in [5.41, 5.74) is -0.137. The van der Waals surface area contributed by atoms with Crippen LogP contribution in [0.15, 0.2) is 72.8 Å². The second-order valence-electron chi connectivity index (χ2n) is 11.6. The first-order valence-electron chi connectivity index (χ1n) is 15.1. The minimum Gasteiger partial charge on any atom is -0.497 e. The standard InChI is InChI=1S/C34H37F3N4O4S/c1-44-26-15-16-27(29(19-26)45-2)38-31(43)33(17-7-4-8-18-33)41(20-23-11-13-25(14-12-23)34(35,36)37)30(42)22-40-21-28(39-32(40)46)24-9-5-3-6-10-24/h3,5-6,9-16,19,28H,4,7-8,17-18,20-22H2,1-2H3,(H,38,43)(H,39,46)/t28-/m0/s1. The zero-order valence-electron chi connectivity index (χ0n) is 25.7. The molecule has 1 atom stereocenters. The van der Waals surface area contributed by atoms with Crippen LogP contribution in [0.2, 0.25) is 0 Å². The smallest absolute Gasteiger partial charge is 0.416 e. The SMILES string of the molecule is COc1ccc(NC(=O)C2(N(Cc3ccc(C(F)(F)F)cc3)C(=O)CN3C[C@@H](c4ccccc4)NC3=S)CCCCC2)c(OC)c1. The number of hydrogen-bond donors (Lipinski definition) is 2. The summed E-state index contributed by atoms with van der Waals surface area (Å²) in [6.07, 6.45) is -1.43. The number of methoxy groups -OCH3 is 2. The predicted molar refractivity (Wildman–Crippen MR) is 172 cm³/mol. The molecule has 0 radical (unpaired) electrons. The first-order valence-corrected chi connectivity index (χ1v) is 15.6. The van der Waals surface area contributed by atoms with Gasteiger partial charge in [0.25, 0.3) is 0 Å². The predicted octanol–water partition coefficient (Wildman–Crippen LogP) is 6.32. The van der Waals surface area contributed by atoms with Crippen molar-refractivity contribution in [2.24, 2.45) is 0 Å². The summed E-state index contributed by atoms with van der Waals surface area (Å²) < 4.78 is 50.8. The zero-order chi connectivity index (χ0) is 32.9. The minimum atomic E-state index is -4.50. The number of carbonyl (C=O) groups is 2. The third-order valence-corrected chi connectivity index (χ3v) is 9.09. The number of alkyl halides is 3. The van der Waals surface area contributed by atoms with Crippen molar-refractivity contribution in [2.75, 3.05) is 32.6 Å². The molecule has 2 aliphatic rings. The average Bonchev–Trinajstić information content (AvgIpc) is 3.43. The van der Waals surface area contributed by atoms with E-state index in [1.54, 1.807) is 28.0 Å². The van der Waals surface area contributed by atoms with Crippen LogP contribution < -0.4 is 20.1 Å². The molecule has 3 aromatic carbocycles. The Morgan fingerprint density at radius 2 is 1.70 bits per heavy atom. The number of benzene rings is 3. The van der Waals surface area contributed by atoms with Gasteiger partial charge in [0.15, 0.2) is 5.11 Å². The number of hydrogen-bond acceptors (Lipinski definition) is 5. The van der Waals surface area contributed by atoms with Crippen molar-refractivity contribution in [1.82, 2.24) is 15.1 Å². The number of carbonyl (C=O) groups excluding carboxylic acids is 2. The number of amides is 2. The lowest BCUT2D eigenvalue weighted by Gasteiger charge is -2.45. The Bertz CT molecular complexity index is 1550. The van der Waals surface area contributed by atoms with Gasteiger partial charge in [-0.1, -0.05) is 61.7 Å². The fraction of sp³-hybridized carbons (Fsp3) is 0.382. The van der Waals surface area contributed by atoms with E-state index in [1.165, 1.54) is 26.4 Å². The fourth-order valence-electron chi connectivity index (χ4n) is 6.20. The lowest BCUT2D eigenvalue weighted by atomic mass is 9.78. The third-order valence-electron chi connectivity index (χ3n) is 8.72. The summed E-state index contributed by atoms with van der Waals surface area (Å²) in [6, 6.07) is 19.4. The number of thiocarbonyl (C=S) groups is 1. The highest BCUT2D eigenvalue weighted by Gasteiger charge is 2.48. The summed E-state index contributed by atoms with van der Waals surface area (Å²) in [6.45, 7) is 0.294. The molecule has 46 heavy (non-hydrogen) atoms. The number of nitrogens with one attached hydrogen (secondary N) is 2. The first kappa shape index (κ1) is 33.1. The van der Waals surface area contributed by atoms with Crippen LogP contribution in [0.3, 0.4) is 0 Å². The summed E-state index contributed by atoms with van der Waals surface area (Å²) in [4.78, 5) is 32.1. The molecular formula is C34H37F3N4O4S. The highest BCUT2D eigenvalue weighted by atomic mass is 32.1. The maximum Gasteiger partial charge on any atom is 0.416 e. The maximum atomic E-state index is 14.4. The molecule has 1 heterocycles. The fourth-order valence-corrected chi connectivity index (χ4v) is 6.49. The van der Waals surface area contributed by atoms with Crippen LogP contribution in [0.1, 0.15) is 54.8 Å². The molecule has 1 saturated heterocycles. The van der Waals surface area contributed by atoms with Crippen molar-refractivity contribution in [3.05, 3.63) is 89.5 Å². The van der Waals surface area contributed by atoms with Crippen molar-refractivity contribution in [1.29, 1.82) is 0 Å². The monoisotopic (exact) mass is 654 g/mol. The van der Waals surface area contributed by atoms with E-state index in [2.05, 4.69) is 10.6 Å².